The molecule has 0 radical (unpaired) electrons. The molecular formula is C12H23BrN2. The highest BCUT2D eigenvalue weighted by Crippen LogP contribution is 2.08. The van der Waals surface area contributed by atoms with Crippen molar-refractivity contribution in [2.45, 2.75) is 51.9 Å². The van der Waals surface area contributed by atoms with Gasteiger partial charge < -0.3 is 4.57 Å². The van der Waals surface area contributed by atoms with Gasteiger partial charge in [-0.05, 0) is 6.42 Å². The van der Waals surface area contributed by atoms with E-state index in [2.05, 4.69) is 23.5 Å². The number of nitrogens with zero attached hydrogens (tertiary/aromatic N) is 2. The van der Waals surface area contributed by atoms with Gasteiger partial charge in [0.05, 0.1) is 0 Å². The molecule has 0 fully saturated rings. The molecule has 88 valence electrons. The lowest BCUT2D eigenvalue weighted by atomic mass is 10.1. The number of hydrogen-bond donors (Lipinski definition) is 0. The zero-order valence-corrected chi connectivity index (χ0v) is 11.6. The van der Waals surface area contributed by atoms with Crippen molar-refractivity contribution in [1.29, 1.82) is 0 Å². The third kappa shape index (κ3) is 5.98. The highest BCUT2D eigenvalue weighted by atomic mass is 79.9. The van der Waals surface area contributed by atoms with Gasteiger partial charge in [-0.25, -0.2) is 4.98 Å². The fourth-order valence-electron chi connectivity index (χ4n) is 1.70. The van der Waals surface area contributed by atoms with Crippen molar-refractivity contribution in [2.75, 3.05) is 0 Å². The molecule has 0 bridgehead atoms. The van der Waals surface area contributed by atoms with E-state index in [1.165, 1.54) is 44.3 Å². The van der Waals surface area contributed by atoms with Crippen molar-refractivity contribution in [3.63, 3.8) is 0 Å². The lowest BCUT2D eigenvalue weighted by molar-refractivity contribution is 0.595. The third-order valence-electron chi connectivity index (χ3n) is 2.67. The molecule has 15 heavy (non-hydrogen) atoms. The van der Waals surface area contributed by atoms with Crippen molar-refractivity contribution in [1.82, 2.24) is 9.55 Å². The van der Waals surface area contributed by atoms with Crippen LogP contribution in [0.5, 0.6) is 0 Å². The molecule has 1 heterocycles. The molecule has 1 aromatic heterocycles. The van der Waals surface area contributed by atoms with Gasteiger partial charge in [-0.3, -0.25) is 0 Å². The first kappa shape index (κ1) is 14.7. The van der Waals surface area contributed by atoms with Gasteiger partial charge in [-0.1, -0.05) is 39.0 Å². The minimum atomic E-state index is 0. The van der Waals surface area contributed by atoms with Gasteiger partial charge in [0.1, 0.15) is 5.82 Å². The van der Waals surface area contributed by atoms with E-state index < -0.39 is 0 Å². The molecule has 1 aromatic rings. The lowest BCUT2D eigenvalue weighted by Crippen LogP contribution is -1.96. The van der Waals surface area contributed by atoms with Crippen LogP contribution in [0.1, 0.15) is 51.3 Å². The van der Waals surface area contributed by atoms with Crippen molar-refractivity contribution in [3.05, 3.63) is 18.2 Å². The number of unbranched alkanes of at least 4 members (excludes halogenated alkanes) is 5. The van der Waals surface area contributed by atoms with E-state index in [1.54, 1.807) is 0 Å². The molecule has 2 nitrogen and oxygen atoms in total. The van der Waals surface area contributed by atoms with Crippen LogP contribution in [0.4, 0.5) is 0 Å². The standard InChI is InChI=1S/C12H22N2.BrH/c1-3-4-5-6-7-8-9-12-13-10-11-14(12)2;/h10-11H,3-9H2,1-2H3;1H. The molecule has 0 aliphatic heterocycles. The van der Waals surface area contributed by atoms with Crippen molar-refractivity contribution >= 4 is 17.0 Å². The maximum absolute atomic E-state index is 4.31. The Morgan fingerprint density at radius 2 is 1.80 bits per heavy atom. The number of aryl methyl sites for hydroxylation is 2. The zero-order chi connectivity index (χ0) is 10.2. The van der Waals surface area contributed by atoms with Crippen LogP contribution in [0.2, 0.25) is 0 Å². The maximum atomic E-state index is 4.31. The van der Waals surface area contributed by atoms with E-state index >= 15 is 0 Å². The van der Waals surface area contributed by atoms with Crippen molar-refractivity contribution in [2.24, 2.45) is 7.05 Å². The van der Waals surface area contributed by atoms with E-state index in [9.17, 15) is 0 Å². The minimum absolute atomic E-state index is 0. The molecule has 0 aromatic carbocycles. The molecule has 0 amide bonds. The van der Waals surface area contributed by atoms with Crippen LogP contribution in [-0.4, -0.2) is 9.55 Å². The minimum Gasteiger partial charge on any atom is -0.338 e. The van der Waals surface area contributed by atoms with Crippen molar-refractivity contribution < 1.29 is 0 Å². The van der Waals surface area contributed by atoms with Gasteiger partial charge in [-0.2, -0.15) is 0 Å². The monoisotopic (exact) mass is 274 g/mol. The van der Waals surface area contributed by atoms with Gasteiger partial charge in [0, 0.05) is 25.9 Å². The van der Waals surface area contributed by atoms with Crippen LogP contribution in [-0.2, 0) is 13.5 Å². The van der Waals surface area contributed by atoms with Gasteiger partial charge in [0.2, 0.25) is 0 Å². The first-order valence-corrected chi connectivity index (χ1v) is 5.80. The Kier molecular flexibility index (Phi) is 8.77. The molecule has 1 rings (SSSR count). The topological polar surface area (TPSA) is 17.8 Å². The molecule has 0 aliphatic carbocycles. The van der Waals surface area contributed by atoms with Crippen molar-refractivity contribution in [3.8, 4) is 0 Å². The number of aromatic nitrogens is 2. The van der Waals surface area contributed by atoms with Crippen LogP contribution in [0.3, 0.4) is 0 Å². The maximum Gasteiger partial charge on any atom is 0.108 e. The normalized spacial score (nSPS) is 10.0. The Morgan fingerprint density at radius 1 is 1.13 bits per heavy atom. The highest BCUT2D eigenvalue weighted by Gasteiger charge is 1.97. The molecule has 0 saturated heterocycles. The molecule has 0 unspecified atom stereocenters. The van der Waals surface area contributed by atoms with E-state index in [0.29, 0.717) is 0 Å². The quantitative estimate of drug-likeness (QED) is 0.690. The second-order valence-corrected chi connectivity index (χ2v) is 3.97. The molecule has 0 aliphatic rings. The molecule has 0 N–H and O–H groups in total. The third-order valence-corrected chi connectivity index (χ3v) is 2.67. The second kappa shape index (κ2) is 8.96. The Morgan fingerprint density at radius 3 is 2.40 bits per heavy atom. The summed E-state index contributed by atoms with van der Waals surface area (Å²) >= 11 is 0. The first-order chi connectivity index (χ1) is 6.84. The lowest BCUT2D eigenvalue weighted by Gasteiger charge is -2.01. The van der Waals surface area contributed by atoms with Crippen LogP contribution >= 0.6 is 17.0 Å². The van der Waals surface area contributed by atoms with Crippen LogP contribution < -0.4 is 0 Å². The van der Waals surface area contributed by atoms with Gasteiger partial charge in [0.25, 0.3) is 0 Å². The number of hydrogen-bond acceptors (Lipinski definition) is 1. The van der Waals surface area contributed by atoms with Crippen LogP contribution in [0, 0.1) is 0 Å². The number of halogens is 1. The molecule has 0 atom stereocenters. The summed E-state index contributed by atoms with van der Waals surface area (Å²) in [4.78, 5) is 4.31. The van der Waals surface area contributed by atoms with E-state index in [-0.39, 0.29) is 17.0 Å². The largest absolute Gasteiger partial charge is 0.338 e. The summed E-state index contributed by atoms with van der Waals surface area (Å²) in [6, 6.07) is 0. The predicted octanol–water partition coefficient (Wildman–Crippen LogP) is 3.90. The van der Waals surface area contributed by atoms with Gasteiger partial charge >= 0.3 is 0 Å². The fourth-order valence-corrected chi connectivity index (χ4v) is 1.70. The summed E-state index contributed by atoms with van der Waals surface area (Å²) in [7, 11) is 2.07. The molecule has 0 spiro atoms. The first-order valence-electron chi connectivity index (χ1n) is 5.80. The Labute approximate surface area is 104 Å². The SMILES string of the molecule is Br.CCCCCCCCc1nccn1C. The molecule has 3 heteroatoms. The van der Waals surface area contributed by atoms with Crippen LogP contribution in [0.25, 0.3) is 0 Å². The van der Waals surface area contributed by atoms with Gasteiger partial charge in [-0.15, -0.1) is 17.0 Å². The Balaban J connectivity index is 0.00000196. The summed E-state index contributed by atoms with van der Waals surface area (Å²) < 4.78 is 2.12. The Bertz CT molecular complexity index is 246. The van der Waals surface area contributed by atoms with Gasteiger partial charge in [0.15, 0.2) is 0 Å². The van der Waals surface area contributed by atoms with E-state index in [4.69, 9.17) is 0 Å². The number of rotatable bonds is 7. The van der Waals surface area contributed by atoms with E-state index in [0.717, 1.165) is 6.42 Å². The highest BCUT2D eigenvalue weighted by molar-refractivity contribution is 8.93. The average Bonchev–Trinajstić information content (AvgIpc) is 2.58. The zero-order valence-electron chi connectivity index (χ0n) is 9.91. The smallest absolute Gasteiger partial charge is 0.108 e. The average molecular weight is 275 g/mol. The van der Waals surface area contributed by atoms with E-state index in [1.807, 2.05) is 12.4 Å². The summed E-state index contributed by atoms with van der Waals surface area (Å²) in [6.45, 7) is 2.26. The Hall–Kier alpha value is -0.310. The molecule has 0 saturated carbocycles. The second-order valence-electron chi connectivity index (χ2n) is 3.97. The summed E-state index contributed by atoms with van der Waals surface area (Å²) in [6.07, 6.45) is 13.2. The summed E-state index contributed by atoms with van der Waals surface area (Å²) in [5.41, 5.74) is 0. The fraction of sp³-hybridized carbons (Fsp3) is 0.750. The van der Waals surface area contributed by atoms with Crippen LogP contribution in [0.15, 0.2) is 12.4 Å². The summed E-state index contributed by atoms with van der Waals surface area (Å²) in [5, 5.41) is 0. The summed E-state index contributed by atoms with van der Waals surface area (Å²) in [5.74, 6) is 1.22. The predicted molar refractivity (Wildman–Crippen MR) is 70.6 cm³/mol. The number of imidazole rings is 1. The molecular weight excluding hydrogens is 252 g/mol.